The number of rotatable bonds is 12. The number of thiazole rings is 1. The van der Waals surface area contributed by atoms with Gasteiger partial charge in [-0.2, -0.15) is 0 Å². The number of aliphatic hydroxyl groups excluding tert-OH is 1. The molecule has 208 valence electrons. The van der Waals surface area contributed by atoms with Crippen LogP contribution >= 0.6 is 11.3 Å². The minimum Gasteiger partial charge on any atom is -0.390 e. The highest BCUT2D eigenvalue weighted by molar-refractivity contribution is 7.09. The number of aliphatic hydroxyl groups is 1. The number of aromatic nitrogens is 1. The second-order valence-corrected chi connectivity index (χ2v) is 10.9. The topological polar surface area (TPSA) is 94.6 Å². The van der Waals surface area contributed by atoms with E-state index in [9.17, 15) is 14.7 Å². The van der Waals surface area contributed by atoms with E-state index >= 15 is 0 Å². The van der Waals surface area contributed by atoms with Crippen molar-refractivity contribution in [2.45, 2.75) is 45.0 Å². The summed E-state index contributed by atoms with van der Waals surface area (Å²) < 4.78 is 0. The summed E-state index contributed by atoms with van der Waals surface area (Å²) in [6.07, 6.45) is -0.378. The van der Waals surface area contributed by atoms with Crippen LogP contribution in [-0.2, 0) is 13.0 Å². The molecule has 0 saturated heterocycles. The van der Waals surface area contributed by atoms with Gasteiger partial charge in [0.15, 0.2) is 0 Å². The van der Waals surface area contributed by atoms with Gasteiger partial charge in [-0.3, -0.25) is 9.59 Å². The van der Waals surface area contributed by atoms with E-state index in [-0.39, 0.29) is 17.9 Å². The molecule has 0 spiro atoms. The first-order valence-corrected chi connectivity index (χ1v) is 14.3. The van der Waals surface area contributed by atoms with Crippen LogP contribution < -0.4 is 10.6 Å². The summed E-state index contributed by atoms with van der Waals surface area (Å²) in [5.41, 5.74) is 3.83. The lowest BCUT2D eigenvalue weighted by atomic mass is 9.99. The van der Waals surface area contributed by atoms with Crippen molar-refractivity contribution in [3.05, 3.63) is 123 Å². The lowest BCUT2D eigenvalue weighted by Gasteiger charge is -2.26. The zero-order valence-electron chi connectivity index (χ0n) is 23.1. The molecule has 0 unspecified atom stereocenters. The summed E-state index contributed by atoms with van der Waals surface area (Å²) >= 11 is 1.51. The Bertz CT molecular complexity index is 1390. The third kappa shape index (κ3) is 8.08. The molecule has 0 saturated carbocycles. The Balaban J connectivity index is 1.44. The van der Waals surface area contributed by atoms with Crippen molar-refractivity contribution in [2.75, 3.05) is 13.6 Å². The van der Waals surface area contributed by atoms with Crippen molar-refractivity contribution in [3.63, 3.8) is 0 Å². The third-order valence-corrected chi connectivity index (χ3v) is 7.72. The second kappa shape index (κ2) is 14.0. The van der Waals surface area contributed by atoms with Gasteiger partial charge in [0.1, 0.15) is 5.01 Å². The number of nitrogens with zero attached hydrogens (tertiary/aromatic N) is 2. The monoisotopic (exact) mass is 556 g/mol. The zero-order chi connectivity index (χ0) is 28.5. The van der Waals surface area contributed by atoms with E-state index in [1.807, 2.05) is 79.9 Å². The number of hydrogen-bond acceptors (Lipinski definition) is 6. The number of carbonyl (C=O) groups excluding carboxylic acids is 2. The van der Waals surface area contributed by atoms with Crippen LogP contribution in [0.2, 0.25) is 0 Å². The highest BCUT2D eigenvalue weighted by Crippen LogP contribution is 2.16. The Kier molecular flexibility index (Phi) is 10.2. The normalized spacial score (nSPS) is 13.3. The van der Waals surface area contributed by atoms with Gasteiger partial charge in [0.25, 0.3) is 11.8 Å². The molecule has 3 N–H and O–H groups in total. The highest BCUT2D eigenvalue weighted by Gasteiger charge is 2.24. The fourth-order valence-electron chi connectivity index (χ4n) is 4.47. The van der Waals surface area contributed by atoms with Gasteiger partial charge in [0.2, 0.25) is 0 Å². The Morgan fingerprint density at radius 3 is 2.33 bits per heavy atom. The predicted octanol–water partition coefficient (Wildman–Crippen LogP) is 4.78. The van der Waals surface area contributed by atoms with Gasteiger partial charge in [0.05, 0.1) is 18.7 Å². The van der Waals surface area contributed by atoms with Gasteiger partial charge in [-0.05, 0) is 49.6 Å². The molecule has 3 aromatic carbocycles. The van der Waals surface area contributed by atoms with Crippen LogP contribution in [0, 0.1) is 6.92 Å². The largest absolute Gasteiger partial charge is 0.390 e. The second-order valence-electron chi connectivity index (χ2n) is 10.0. The molecule has 4 rings (SSSR count). The van der Waals surface area contributed by atoms with Gasteiger partial charge >= 0.3 is 0 Å². The fourth-order valence-corrected chi connectivity index (χ4v) is 5.29. The Labute approximate surface area is 239 Å². The number of benzene rings is 3. The number of nitrogens with one attached hydrogen (secondary N) is 2. The van der Waals surface area contributed by atoms with Crippen LogP contribution in [0.15, 0.2) is 90.3 Å². The zero-order valence-corrected chi connectivity index (χ0v) is 23.9. The van der Waals surface area contributed by atoms with Crippen molar-refractivity contribution in [3.8, 4) is 0 Å². The van der Waals surface area contributed by atoms with Crippen LogP contribution in [-0.4, -0.2) is 52.5 Å². The minimum absolute atomic E-state index is 0.0388. The molecule has 8 heteroatoms. The van der Waals surface area contributed by atoms with E-state index in [1.54, 1.807) is 36.2 Å². The van der Waals surface area contributed by atoms with Crippen molar-refractivity contribution < 1.29 is 14.7 Å². The van der Waals surface area contributed by atoms with E-state index in [1.165, 1.54) is 11.3 Å². The third-order valence-electron chi connectivity index (χ3n) is 6.77. The van der Waals surface area contributed by atoms with Gasteiger partial charge in [-0.15, -0.1) is 11.3 Å². The average Bonchev–Trinajstić information content (AvgIpc) is 3.39. The minimum atomic E-state index is -0.840. The first-order valence-electron chi connectivity index (χ1n) is 13.4. The molecule has 0 bridgehead atoms. The molecular weight excluding hydrogens is 520 g/mol. The van der Waals surface area contributed by atoms with E-state index < -0.39 is 12.1 Å². The molecule has 0 fully saturated rings. The van der Waals surface area contributed by atoms with E-state index in [4.69, 9.17) is 0 Å². The van der Waals surface area contributed by atoms with Crippen molar-refractivity contribution in [1.82, 2.24) is 20.5 Å². The van der Waals surface area contributed by atoms with Crippen molar-refractivity contribution in [2.24, 2.45) is 0 Å². The summed E-state index contributed by atoms with van der Waals surface area (Å²) in [5.74, 6) is -0.536. The molecule has 1 aromatic heterocycles. The molecule has 0 aliphatic carbocycles. The summed E-state index contributed by atoms with van der Waals surface area (Å²) in [7, 11) is 1.72. The first kappa shape index (κ1) is 29.1. The molecule has 1 heterocycles. The van der Waals surface area contributed by atoms with Crippen LogP contribution in [0.5, 0.6) is 0 Å². The lowest BCUT2D eigenvalue weighted by Crippen LogP contribution is -2.49. The van der Waals surface area contributed by atoms with Crippen LogP contribution in [0.4, 0.5) is 0 Å². The first-order chi connectivity index (χ1) is 19.3. The quantitative estimate of drug-likeness (QED) is 0.234. The van der Waals surface area contributed by atoms with Gasteiger partial charge in [-0.1, -0.05) is 66.7 Å². The van der Waals surface area contributed by atoms with Crippen LogP contribution in [0.1, 0.15) is 55.5 Å². The molecular formula is C32H36N4O3S. The maximum absolute atomic E-state index is 13.4. The fraction of sp³-hybridized carbons (Fsp3) is 0.281. The number of hydrogen-bond donors (Lipinski definition) is 3. The molecule has 4 aromatic rings. The molecule has 0 aliphatic heterocycles. The lowest BCUT2D eigenvalue weighted by molar-refractivity contribution is 0.0784. The number of aryl methyl sites for hydroxylation is 1. The van der Waals surface area contributed by atoms with Gasteiger partial charge in [0, 0.05) is 41.8 Å². The molecule has 40 heavy (non-hydrogen) atoms. The predicted molar refractivity (Wildman–Crippen MR) is 159 cm³/mol. The van der Waals surface area contributed by atoms with E-state index in [0.29, 0.717) is 30.6 Å². The maximum Gasteiger partial charge on any atom is 0.253 e. The maximum atomic E-state index is 13.4. The average molecular weight is 557 g/mol. The number of carbonyl (C=O) groups is 2. The molecule has 2 amide bonds. The summed E-state index contributed by atoms with van der Waals surface area (Å²) in [4.78, 5) is 32.5. The molecule has 7 nitrogen and oxygen atoms in total. The smallest absolute Gasteiger partial charge is 0.253 e. The van der Waals surface area contributed by atoms with E-state index in [0.717, 1.165) is 21.8 Å². The van der Waals surface area contributed by atoms with Crippen molar-refractivity contribution >= 4 is 23.2 Å². The SMILES string of the molecule is Cc1csc(CN(C)C(=O)c2cccc(C(=O)N[C@@H](Cc3ccccc3)[C@H](O)CN[C@@H](C)c3ccccc3)c2)n1. The van der Waals surface area contributed by atoms with E-state index in [2.05, 4.69) is 15.6 Å². The van der Waals surface area contributed by atoms with Crippen LogP contribution in [0.3, 0.4) is 0 Å². The van der Waals surface area contributed by atoms with Crippen molar-refractivity contribution in [1.29, 1.82) is 0 Å². The summed E-state index contributed by atoms with van der Waals surface area (Å²) in [6.45, 7) is 4.66. The summed E-state index contributed by atoms with van der Waals surface area (Å²) in [6, 6.07) is 26.0. The van der Waals surface area contributed by atoms with Gasteiger partial charge in [-0.25, -0.2) is 4.98 Å². The number of amides is 2. The summed E-state index contributed by atoms with van der Waals surface area (Å²) in [5, 5.41) is 20.4. The molecule has 3 atom stereocenters. The molecule has 0 radical (unpaired) electrons. The Morgan fingerprint density at radius 1 is 0.975 bits per heavy atom. The van der Waals surface area contributed by atoms with Gasteiger partial charge < -0.3 is 20.6 Å². The Hall–Kier alpha value is -3.85. The molecule has 0 aliphatic rings. The highest BCUT2D eigenvalue weighted by atomic mass is 32.1. The van der Waals surface area contributed by atoms with Crippen LogP contribution in [0.25, 0.3) is 0 Å². The Morgan fingerprint density at radius 2 is 1.65 bits per heavy atom. The standard InChI is InChI=1S/C32H36N4O3S/c1-22-21-40-30(34-22)20-36(3)32(39)27-16-10-15-26(18-27)31(38)35-28(17-24-11-6-4-7-12-24)29(37)19-33-23(2)25-13-8-5-9-14-25/h4-16,18,21,23,28-29,33,37H,17,19-20H2,1-3H3,(H,35,38)/t23-,28-,29+/m0/s1.